The van der Waals surface area contributed by atoms with E-state index in [0.29, 0.717) is 82.4 Å². The van der Waals surface area contributed by atoms with Gasteiger partial charge in [0.2, 0.25) is 17.2 Å². The molecule has 5 heterocycles. The molecule has 1 saturated heterocycles. The molecule has 1 aromatic heterocycles. The largest absolute Gasteiger partial charge is 0.508 e. The van der Waals surface area contributed by atoms with Gasteiger partial charge < -0.3 is 50.2 Å². The number of nitrogens with zero attached hydrogens (tertiary/aromatic N) is 1. The van der Waals surface area contributed by atoms with Gasteiger partial charge >= 0.3 is 0 Å². The van der Waals surface area contributed by atoms with E-state index in [9.17, 15) is 45.3 Å². The fraction of sp³-hybridized carbons (Fsp3) is 0.400. The Morgan fingerprint density at radius 3 is 2.67 bits per heavy atom. The SMILES string of the molecule is Cc1cc(=O)c2cc3c(c([NH+]4C=C5C=CN=C5C4)c2o1)O[C@]1(CC=C[C@@H]([C@H]2CNC(=O)C2)C1)[C@H](OOC[C@@](O)(Cc1ccc(O)c2ccc(O)cc12)[C@@H](O)[C@H](O)[C@H](O)CO)C3. The van der Waals surface area contributed by atoms with Crippen LogP contribution in [0.15, 0.2) is 92.9 Å². The topological polar surface area (TPSA) is 245 Å². The Kier molecular flexibility index (Phi) is 10.6. The quantitative estimate of drug-likeness (QED) is 0.0554. The van der Waals surface area contributed by atoms with Crippen molar-refractivity contribution in [3.05, 3.63) is 106 Å². The van der Waals surface area contributed by atoms with Crippen LogP contribution in [0.1, 0.15) is 36.1 Å². The Bertz CT molecular complexity index is 2600. The molecule has 9 atom stereocenters. The van der Waals surface area contributed by atoms with Gasteiger partial charge in [0, 0.05) is 55.4 Å². The zero-order valence-electron chi connectivity index (χ0n) is 33.3. The second kappa shape index (κ2) is 15.8. The number of aliphatic hydroxyl groups is 5. The van der Waals surface area contributed by atoms with E-state index in [1.165, 1.54) is 36.4 Å². The van der Waals surface area contributed by atoms with E-state index in [4.69, 9.17) is 18.9 Å². The van der Waals surface area contributed by atoms with E-state index in [-0.39, 0.29) is 41.1 Å². The number of benzene rings is 3. The molecule has 320 valence electrons. The van der Waals surface area contributed by atoms with Gasteiger partial charge in [0.15, 0.2) is 11.2 Å². The van der Waals surface area contributed by atoms with Crippen molar-refractivity contribution in [2.45, 2.75) is 74.6 Å². The summed E-state index contributed by atoms with van der Waals surface area (Å²) in [6.07, 6.45) is 3.70. The number of nitrogens with one attached hydrogen (secondary N) is 2. The van der Waals surface area contributed by atoms with Crippen molar-refractivity contribution in [1.82, 2.24) is 5.32 Å². The molecule has 4 aromatic rings. The van der Waals surface area contributed by atoms with Crippen LogP contribution in [0.2, 0.25) is 0 Å². The van der Waals surface area contributed by atoms with Crippen LogP contribution >= 0.6 is 0 Å². The molecule has 9 rings (SSSR count). The molecule has 3 aromatic carbocycles. The first-order valence-electron chi connectivity index (χ1n) is 20.4. The third-order valence-electron chi connectivity index (χ3n) is 12.9. The van der Waals surface area contributed by atoms with Crippen LogP contribution in [0.25, 0.3) is 21.7 Å². The number of allylic oxidation sites excluding steroid dienone is 2. The number of carbonyl (C=O) groups is 1. The van der Waals surface area contributed by atoms with Gasteiger partial charge in [-0.1, -0.05) is 18.2 Å². The molecular weight excluding hydrogens is 791 g/mol. The number of aryl methyl sites for hydroxylation is 1. The second-order valence-electron chi connectivity index (χ2n) is 17.0. The number of aliphatic hydroxyl groups excluding tert-OH is 4. The highest BCUT2D eigenvalue weighted by atomic mass is 17.2. The number of aliphatic imine (C=N–C) groups is 1. The van der Waals surface area contributed by atoms with Crippen molar-refractivity contribution in [3.63, 3.8) is 0 Å². The van der Waals surface area contributed by atoms with Crippen LogP contribution in [0, 0.1) is 18.8 Å². The molecule has 1 unspecified atom stereocenters. The lowest BCUT2D eigenvalue weighted by atomic mass is 9.71. The molecule has 5 aliphatic rings. The molecule has 16 heteroatoms. The van der Waals surface area contributed by atoms with Crippen molar-refractivity contribution in [2.24, 2.45) is 16.8 Å². The number of phenolic OH excluding ortho intramolecular Hbond substituents is 2. The van der Waals surface area contributed by atoms with Gasteiger partial charge in [-0.15, -0.1) is 0 Å². The maximum absolute atomic E-state index is 13.6. The third-order valence-corrected chi connectivity index (χ3v) is 12.9. The molecule has 1 amide bonds. The number of hydrogen-bond donors (Lipinski definition) is 9. The lowest BCUT2D eigenvalue weighted by Gasteiger charge is -2.47. The summed E-state index contributed by atoms with van der Waals surface area (Å²) < 4.78 is 13.5. The maximum atomic E-state index is 13.6. The average Bonchev–Trinajstić information content (AvgIpc) is 3.98. The standard InChI is InChI=1S/C45H47N3O13/c1-23-11-35(52)32-12-27-13-37(61-58-22-44(57,43(56)40(55)36(53)21-49)16-25-4-7-34(51)30-6-5-29(50)15-31(25)30)45(9-2-3-24(17-45)28-14-38(54)47-18-28)60-41(27)39(42(32)59-23)48-19-26-8-10-46-33(26)20-48/h2-8,10-12,15,19,24,28,36-37,40,43,49-51,53,55-57H,9,13-14,16-18,20-22H2,1H3,(H,47,54)/p+1/t24-,28-,36-,37-,40-,43+,44+,45+/m1/s1. The number of hydrogen-bond acceptors (Lipinski definition) is 14. The van der Waals surface area contributed by atoms with Crippen LogP contribution in [0.3, 0.4) is 0 Å². The predicted octanol–water partition coefficient (Wildman–Crippen LogP) is 1.19. The molecule has 0 saturated carbocycles. The zero-order chi connectivity index (χ0) is 42.8. The van der Waals surface area contributed by atoms with Crippen LogP contribution < -0.4 is 20.4 Å². The molecule has 0 radical (unpaired) electrons. The van der Waals surface area contributed by atoms with Crippen LogP contribution in [0.5, 0.6) is 17.2 Å². The monoisotopic (exact) mass is 838 g/mol. The number of quaternary nitrogens is 1. The van der Waals surface area contributed by atoms with E-state index >= 15 is 0 Å². The Balaban J connectivity index is 1.10. The van der Waals surface area contributed by atoms with E-state index in [0.717, 1.165) is 16.2 Å². The number of carbonyl (C=O) groups excluding carboxylic acids is 1. The van der Waals surface area contributed by atoms with Crippen molar-refractivity contribution in [2.75, 3.05) is 26.3 Å². The number of phenols is 2. The number of aromatic hydroxyl groups is 2. The lowest BCUT2D eigenvalue weighted by Crippen LogP contribution is -3.01. The summed E-state index contributed by atoms with van der Waals surface area (Å²) in [6.45, 7) is 0.987. The van der Waals surface area contributed by atoms with Gasteiger partial charge in [-0.05, 0) is 72.5 Å². The fourth-order valence-corrected chi connectivity index (χ4v) is 9.57. The summed E-state index contributed by atoms with van der Waals surface area (Å²) in [5.41, 5.74) is 0.0659. The van der Waals surface area contributed by atoms with Gasteiger partial charge in [-0.25, -0.2) is 9.78 Å². The highest BCUT2D eigenvalue weighted by Crippen LogP contribution is 2.49. The van der Waals surface area contributed by atoms with Gasteiger partial charge in [-0.3, -0.25) is 19.5 Å². The Labute approximate surface area is 348 Å². The Hall–Kier alpha value is -5.43. The van der Waals surface area contributed by atoms with E-state index in [1.807, 2.05) is 18.4 Å². The van der Waals surface area contributed by atoms with Crippen molar-refractivity contribution < 1.29 is 64.4 Å². The summed E-state index contributed by atoms with van der Waals surface area (Å²) in [7, 11) is 0. The molecule has 4 aliphatic heterocycles. The minimum atomic E-state index is -2.40. The predicted molar refractivity (Wildman–Crippen MR) is 219 cm³/mol. The average molecular weight is 839 g/mol. The number of amides is 1. The van der Waals surface area contributed by atoms with E-state index < -0.39 is 55.3 Å². The van der Waals surface area contributed by atoms with E-state index in [1.54, 1.807) is 19.2 Å². The smallest absolute Gasteiger partial charge is 0.222 e. The van der Waals surface area contributed by atoms with Gasteiger partial charge in [0.05, 0.1) is 17.6 Å². The van der Waals surface area contributed by atoms with Crippen molar-refractivity contribution >= 4 is 39.0 Å². The fourth-order valence-electron chi connectivity index (χ4n) is 9.57. The third kappa shape index (κ3) is 7.42. The minimum Gasteiger partial charge on any atom is -0.508 e. The Morgan fingerprint density at radius 1 is 1.07 bits per heavy atom. The van der Waals surface area contributed by atoms with Crippen LogP contribution in [0.4, 0.5) is 5.69 Å². The second-order valence-corrected chi connectivity index (χ2v) is 17.0. The summed E-state index contributed by atoms with van der Waals surface area (Å²) >= 11 is 0. The normalized spacial score (nSPS) is 26.7. The van der Waals surface area contributed by atoms with Crippen molar-refractivity contribution in [1.29, 1.82) is 0 Å². The highest BCUT2D eigenvalue weighted by Gasteiger charge is 2.53. The summed E-state index contributed by atoms with van der Waals surface area (Å²) in [6, 6.07) is 10.3. The molecule has 61 heavy (non-hydrogen) atoms. The van der Waals surface area contributed by atoms with Crippen LogP contribution in [-0.2, 0) is 27.4 Å². The van der Waals surface area contributed by atoms with Gasteiger partial charge in [0.1, 0.15) is 77.9 Å². The zero-order valence-corrected chi connectivity index (χ0v) is 33.3. The van der Waals surface area contributed by atoms with Crippen LogP contribution in [-0.4, -0.2) is 109 Å². The molecule has 16 nitrogen and oxygen atoms in total. The summed E-state index contributed by atoms with van der Waals surface area (Å²) in [4.78, 5) is 43.6. The maximum Gasteiger partial charge on any atom is 0.222 e. The molecule has 9 N–H and O–H groups in total. The van der Waals surface area contributed by atoms with Crippen molar-refractivity contribution in [3.8, 4) is 17.2 Å². The van der Waals surface area contributed by atoms with Gasteiger partial charge in [-0.2, -0.15) is 0 Å². The molecule has 1 fully saturated rings. The van der Waals surface area contributed by atoms with Gasteiger partial charge in [0.25, 0.3) is 0 Å². The first-order valence-corrected chi connectivity index (χ1v) is 20.4. The number of ether oxygens (including phenoxy) is 1. The summed E-state index contributed by atoms with van der Waals surface area (Å²) in [5, 5.41) is 79.4. The molecular formula is C45H48N3O13+. The number of fused-ring (bicyclic) bond motifs is 4. The summed E-state index contributed by atoms with van der Waals surface area (Å²) in [5.74, 6) is 0.546. The first-order chi connectivity index (χ1) is 29.3. The lowest BCUT2D eigenvalue weighted by molar-refractivity contribution is -0.759. The molecule has 1 aliphatic carbocycles. The molecule has 0 bridgehead atoms. The first kappa shape index (κ1) is 40.9. The highest BCUT2D eigenvalue weighted by molar-refractivity contribution is 6.07. The number of rotatable bonds is 12. The minimum absolute atomic E-state index is 0.0263. The Morgan fingerprint density at radius 2 is 1.90 bits per heavy atom. The molecule has 1 spiro atoms. The van der Waals surface area contributed by atoms with E-state index in [2.05, 4.69) is 16.4 Å².